The molecule has 1 N–H and O–H groups in total. The first kappa shape index (κ1) is 21.1. The number of ketones is 1. The van der Waals surface area contributed by atoms with Gasteiger partial charge in [-0.2, -0.15) is 0 Å². The molecule has 1 saturated carbocycles. The van der Waals surface area contributed by atoms with Crippen LogP contribution in [0.2, 0.25) is 0 Å². The zero-order valence-corrected chi connectivity index (χ0v) is 17.7. The number of carbonyl (C=O) groups excluding carboxylic acids is 1. The van der Waals surface area contributed by atoms with Crippen LogP contribution in [0.1, 0.15) is 52.0 Å². The van der Waals surface area contributed by atoms with E-state index in [2.05, 4.69) is 12.1 Å². The lowest BCUT2D eigenvalue weighted by atomic mass is 10.0. The van der Waals surface area contributed by atoms with Gasteiger partial charge >= 0.3 is 5.97 Å². The Morgan fingerprint density at radius 3 is 2.39 bits per heavy atom. The summed E-state index contributed by atoms with van der Waals surface area (Å²) in [6.07, 6.45) is 5.51. The van der Waals surface area contributed by atoms with Gasteiger partial charge in [-0.3, -0.25) is 4.79 Å². The molecule has 0 amide bonds. The van der Waals surface area contributed by atoms with E-state index in [4.69, 9.17) is 9.84 Å². The highest BCUT2D eigenvalue weighted by atomic mass is 16.5. The van der Waals surface area contributed by atoms with Gasteiger partial charge in [-0.05, 0) is 55.9 Å². The summed E-state index contributed by atoms with van der Waals surface area (Å²) in [4.78, 5) is 23.6. The van der Waals surface area contributed by atoms with Crippen LogP contribution in [0.5, 0.6) is 0 Å². The van der Waals surface area contributed by atoms with Crippen molar-refractivity contribution in [1.29, 1.82) is 0 Å². The molecule has 0 radical (unpaired) electrons. The highest BCUT2D eigenvalue weighted by Gasteiger charge is 2.46. The number of rotatable bonds is 10. The maximum Gasteiger partial charge on any atom is 0.329 e. The van der Waals surface area contributed by atoms with Gasteiger partial charge in [0.15, 0.2) is 0 Å². The van der Waals surface area contributed by atoms with Crippen LogP contribution in [0.25, 0.3) is 0 Å². The van der Waals surface area contributed by atoms with E-state index in [0.717, 1.165) is 43.4 Å². The van der Waals surface area contributed by atoms with Crippen LogP contribution in [-0.2, 0) is 28.1 Å². The van der Waals surface area contributed by atoms with Gasteiger partial charge in [-0.15, -0.1) is 0 Å². The summed E-state index contributed by atoms with van der Waals surface area (Å²) in [5.74, 6) is -0.890. The van der Waals surface area contributed by atoms with Crippen molar-refractivity contribution in [2.75, 3.05) is 6.61 Å². The van der Waals surface area contributed by atoms with Gasteiger partial charge in [0.05, 0.1) is 11.3 Å². The highest BCUT2D eigenvalue weighted by molar-refractivity contribution is 6.08. The lowest BCUT2D eigenvalue weighted by molar-refractivity contribution is -0.145. The number of hydrogen-bond donors (Lipinski definition) is 1. The summed E-state index contributed by atoms with van der Waals surface area (Å²) in [7, 11) is 0. The predicted molar refractivity (Wildman–Crippen MR) is 118 cm³/mol. The lowest BCUT2D eigenvalue weighted by Gasteiger charge is -2.16. The Morgan fingerprint density at radius 1 is 1.03 bits per heavy atom. The van der Waals surface area contributed by atoms with Gasteiger partial charge in [0.25, 0.3) is 0 Å². The molecule has 0 atom stereocenters. The number of benzene rings is 2. The smallest absolute Gasteiger partial charge is 0.329 e. The normalized spacial score (nSPS) is 14.4. The molecular formula is C26H27NO4. The minimum atomic E-state index is -0.937. The maximum atomic E-state index is 12.8. The van der Waals surface area contributed by atoms with Gasteiger partial charge in [0, 0.05) is 18.3 Å². The first-order chi connectivity index (χ1) is 15.0. The average Bonchev–Trinajstić information content (AvgIpc) is 3.42. The Hall–Kier alpha value is -3.18. The van der Waals surface area contributed by atoms with Crippen molar-refractivity contribution in [1.82, 2.24) is 4.57 Å². The largest absolute Gasteiger partial charge is 0.480 e. The Labute approximate surface area is 182 Å². The van der Waals surface area contributed by atoms with Crippen LogP contribution in [0.15, 0.2) is 66.9 Å². The van der Waals surface area contributed by atoms with E-state index in [9.17, 15) is 9.59 Å². The van der Waals surface area contributed by atoms with Gasteiger partial charge in [-0.1, -0.05) is 54.1 Å². The summed E-state index contributed by atoms with van der Waals surface area (Å²) in [5, 5.41) is 8.85. The molecule has 1 aliphatic carbocycles. The molecule has 1 heterocycles. The van der Waals surface area contributed by atoms with E-state index in [1.54, 1.807) is 0 Å². The number of carbonyl (C=O) groups is 2. The SMILES string of the molecule is Cc1ccc(C(=O)c2cccn2CCCc2ccc(C3(OCC(=O)O)CC3)cc2)cc1. The molecular weight excluding hydrogens is 390 g/mol. The average molecular weight is 418 g/mol. The van der Waals surface area contributed by atoms with E-state index < -0.39 is 11.6 Å². The molecule has 1 aliphatic rings. The fraction of sp³-hybridized carbons (Fsp3) is 0.308. The van der Waals surface area contributed by atoms with Crippen molar-refractivity contribution in [3.8, 4) is 0 Å². The number of carboxylic acid groups (broad SMARTS) is 1. The van der Waals surface area contributed by atoms with Crippen molar-refractivity contribution in [3.63, 3.8) is 0 Å². The van der Waals surface area contributed by atoms with Gasteiger partial charge in [-0.25, -0.2) is 4.79 Å². The van der Waals surface area contributed by atoms with Crippen molar-refractivity contribution < 1.29 is 19.4 Å². The number of carboxylic acids is 1. The Bertz CT molecular complexity index is 1060. The molecule has 2 aromatic carbocycles. The van der Waals surface area contributed by atoms with E-state index in [0.29, 0.717) is 11.3 Å². The van der Waals surface area contributed by atoms with Crippen molar-refractivity contribution in [2.45, 2.75) is 44.8 Å². The maximum absolute atomic E-state index is 12.8. The number of aliphatic carboxylic acids is 1. The summed E-state index contributed by atoms with van der Waals surface area (Å²) in [6, 6.07) is 19.8. The monoisotopic (exact) mass is 417 g/mol. The number of aryl methyl sites for hydroxylation is 3. The zero-order chi connectivity index (χ0) is 21.8. The van der Waals surface area contributed by atoms with Crippen LogP contribution < -0.4 is 0 Å². The van der Waals surface area contributed by atoms with E-state index in [-0.39, 0.29) is 12.4 Å². The first-order valence-corrected chi connectivity index (χ1v) is 10.7. The van der Waals surface area contributed by atoms with E-state index in [1.165, 1.54) is 5.56 Å². The summed E-state index contributed by atoms with van der Waals surface area (Å²) in [5.41, 5.74) is 4.42. The second kappa shape index (κ2) is 8.90. The summed E-state index contributed by atoms with van der Waals surface area (Å²) < 4.78 is 7.63. The van der Waals surface area contributed by atoms with Crippen molar-refractivity contribution >= 4 is 11.8 Å². The van der Waals surface area contributed by atoms with E-state index >= 15 is 0 Å². The van der Waals surface area contributed by atoms with Crippen LogP contribution in [-0.4, -0.2) is 28.0 Å². The Morgan fingerprint density at radius 2 is 1.74 bits per heavy atom. The quantitative estimate of drug-likeness (QED) is 0.483. The third kappa shape index (κ3) is 4.94. The van der Waals surface area contributed by atoms with Gasteiger partial charge < -0.3 is 14.4 Å². The minimum Gasteiger partial charge on any atom is -0.480 e. The molecule has 1 fully saturated rings. The molecule has 0 saturated heterocycles. The summed E-state index contributed by atoms with van der Waals surface area (Å²) in [6.45, 7) is 2.52. The molecule has 0 spiro atoms. The molecule has 31 heavy (non-hydrogen) atoms. The molecule has 0 unspecified atom stereocenters. The first-order valence-electron chi connectivity index (χ1n) is 10.7. The molecule has 0 aliphatic heterocycles. The second-order valence-electron chi connectivity index (χ2n) is 8.26. The molecule has 5 nitrogen and oxygen atoms in total. The predicted octanol–water partition coefficient (Wildman–Crippen LogP) is 4.75. The van der Waals surface area contributed by atoms with Crippen LogP contribution >= 0.6 is 0 Å². The van der Waals surface area contributed by atoms with Gasteiger partial charge in [0.1, 0.15) is 6.61 Å². The molecule has 3 aromatic rings. The van der Waals surface area contributed by atoms with Crippen molar-refractivity contribution in [3.05, 3.63) is 94.8 Å². The molecule has 0 bridgehead atoms. The second-order valence-corrected chi connectivity index (χ2v) is 8.26. The van der Waals surface area contributed by atoms with Crippen molar-refractivity contribution in [2.24, 2.45) is 0 Å². The highest BCUT2D eigenvalue weighted by Crippen LogP contribution is 2.49. The molecule has 4 rings (SSSR count). The zero-order valence-electron chi connectivity index (χ0n) is 17.7. The molecule has 5 heteroatoms. The third-order valence-electron chi connectivity index (χ3n) is 5.90. The minimum absolute atomic E-state index is 0.0467. The van der Waals surface area contributed by atoms with Crippen LogP contribution in [0, 0.1) is 6.92 Å². The number of aromatic nitrogens is 1. The number of ether oxygens (including phenoxy) is 1. The Balaban J connectivity index is 1.33. The fourth-order valence-electron chi connectivity index (χ4n) is 3.93. The van der Waals surface area contributed by atoms with Gasteiger partial charge in [0.2, 0.25) is 5.78 Å². The van der Waals surface area contributed by atoms with Crippen LogP contribution in [0.4, 0.5) is 0 Å². The fourth-order valence-corrected chi connectivity index (χ4v) is 3.93. The Kier molecular flexibility index (Phi) is 6.05. The third-order valence-corrected chi connectivity index (χ3v) is 5.90. The topological polar surface area (TPSA) is 68.5 Å². The molecule has 1 aromatic heterocycles. The number of hydrogen-bond acceptors (Lipinski definition) is 3. The lowest BCUT2D eigenvalue weighted by Crippen LogP contribution is -2.17. The molecule has 160 valence electrons. The standard InChI is InChI=1S/C26H27NO4/c1-19-6-10-21(11-7-19)25(30)23-5-3-17-27(23)16-2-4-20-8-12-22(13-9-20)26(14-15-26)31-18-24(28)29/h3,5-13,17H,2,4,14-16,18H2,1H3,(H,28,29). The van der Waals surface area contributed by atoms with E-state index in [1.807, 2.05) is 66.2 Å². The number of nitrogens with zero attached hydrogens (tertiary/aromatic N) is 1. The summed E-state index contributed by atoms with van der Waals surface area (Å²) >= 11 is 0. The van der Waals surface area contributed by atoms with Crippen LogP contribution in [0.3, 0.4) is 0 Å².